The number of carbonyl (C=O) groups excluding carboxylic acids is 2. The summed E-state index contributed by atoms with van der Waals surface area (Å²) < 4.78 is 12.0. The third kappa shape index (κ3) is 5.28. The average molecular weight is 533 g/mol. The minimum atomic E-state index is -1.68. The summed E-state index contributed by atoms with van der Waals surface area (Å²) in [5, 5.41) is 28.5. The Balaban J connectivity index is 1.38. The van der Waals surface area contributed by atoms with E-state index < -0.39 is 19.0 Å². The molecule has 0 bridgehead atoms. The SMILES string of the molecule is CCCC1=C2[C@@H](CC/C(=C/c3ccc(CO)o3)CC)OC[C@@H]2[C@@H]2C(=O)N(c3cccc(B(O)O)c3)C(=O)[C@@H]2C1. The van der Waals surface area contributed by atoms with Gasteiger partial charge in [-0.3, -0.25) is 14.5 Å². The Labute approximate surface area is 229 Å². The molecular formula is C30H36BNO7. The van der Waals surface area contributed by atoms with Crippen LogP contribution in [0.25, 0.3) is 6.08 Å². The molecule has 0 spiro atoms. The van der Waals surface area contributed by atoms with Crippen LogP contribution in [-0.4, -0.2) is 46.8 Å². The molecular weight excluding hydrogens is 497 g/mol. The molecule has 1 aromatic heterocycles. The molecule has 5 rings (SSSR count). The number of nitrogens with zero attached hydrogens (tertiary/aromatic N) is 1. The van der Waals surface area contributed by atoms with E-state index in [0.717, 1.165) is 37.9 Å². The Morgan fingerprint density at radius 2 is 1.95 bits per heavy atom. The van der Waals surface area contributed by atoms with Gasteiger partial charge in [0.05, 0.1) is 30.2 Å². The van der Waals surface area contributed by atoms with Crippen LogP contribution in [-0.2, 0) is 20.9 Å². The van der Waals surface area contributed by atoms with Crippen LogP contribution in [0.3, 0.4) is 0 Å². The number of benzene rings is 1. The van der Waals surface area contributed by atoms with Crippen molar-refractivity contribution in [2.24, 2.45) is 17.8 Å². The van der Waals surface area contributed by atoms with Gasteiger partial charge >= 0.3 is 7.12 Å². The standard InChI is InChI=1S/C30H36BNO7/c1-3-6-19-14-24-28(30(35)32(29(24)34)21-8-5-7-20(15-21)31(36)37)25-17-38-26(27(19)25)12-9-18(4-2)13-22-10-11-23(16-33)39-22/h5,7-8,10-11,13,15,24-26,28,33,36-37H,3-4,6,9,12,14,16-17H2,1-2H3/b18-13+/t24-,25+,26-,28-/m1/s1. The summed E-state index contributed by atoms with van der Waals surface area (Å²) in [7, 11) is -1.68. The van der Waals surface area contributed by atoms with Crippen molar-refractivity contribution in [2.75, 3.05) is 11.5 Å². The highest BCUT2D eigenvalue weighted by atomic mass is 16.5. The first kappa shape index (κ1) is 27.6. The molecule has 3 N–H and O–H groups in total. The molecule has 1 aliphatic carbocycles. The number of hydrogen-bond acceptors (Lipinski definition) is 7. The van der Waals surface area contributed by atoms with E-state index in [2.05, 4.69) is 13.8 Å². The Morgan fingerprint density at radius 1 is 1.13 bits per heavy atom. The van der Waals surface area contributed by atoms with Gasteiger partial charge in [-0.25, -0.2) is 0 Å². The molecule has 2 fully saturated rings. The molecule has 4 atom stereocenters. The molecule has 2 aliphatic heterocycles. The average Bonchev–Trinajstić information content (AvgIpc) is 3.63. The largest absolute Gasteiger partial charge is 0.488 e. The molecule has 0 radical (unpaired) electrons. The first-order valence-corrected chi connectivity index (χ1v) is 13.9. The molecule has 9 heteroatoms. The number of carbonyl (C=O) groups is 2. The molecule has 0 saturated carbocycles. The van der Waals surface area contributed by atoms with E-state index in [1.165, 1.54) is 27.7 Å². The van der Waals surface area contributed by atoms with Crippen LogP contribution in [0.2, 0.25) is 0 Å². The molecule has 39 heavy (non-hydrogen) atoms. The highest BCUT2D eigenvalue weighted by molar-refractivity contribution is 6.58. The fourth-order valence-corrected chi connectivity index (χ4v) is 6.52. The molecule has 3 heterocycles. The maximum Gasteiger partial charge on any atom is 0.488 e. The zero-order valence-corrected chi connectivity index (χ0v) is 22.5. The number of aliphatic hydroxyl groups excluding tert-OH is 1. The third-order valence-corrected chi connectivity index (χ3v) is 8.35. The second-order valence-corrected chi connectivity index (χ2v) is 10.7. The van der Waals surface area contributed by atoms with Crippen LogP contribution in [0.4, 0.5) is 5.69 Å². The van der Waals surface area contributed by atoms with Crippen molar-refractivity contribution in [3.05, 3.63) is 64.6 Å². The molecule has 8 nitrogen and oxygen atoms in total. The van der Waals surface area contributed by atoms with Crippen LogP contribution in [0.15, 0.2) is 57.5 Å². The quantitative estimate of drug-likeness (QED) is 0.243. The smallest absolute Gasteiger partial charge is 0.459 e. The summed E-state index contributed by atoms with van der Waals surface area (Å²) in [6.45, 7) is 4.52. The second kappa shape index (κ2) is 11.6. The molecule has 2 amide bonds. The lowest BCUT2D eigenvalue weighted by atomic mass is 9.68. The van der Waals surface area contributed by atoms with Crippen molar-refractivity contribution in [1.82, 2.24) is 0 Å². The van der Waals surface area contributed by atoms with E-state index in [-0.39, 0.29) is 35.9 Å². The minimum absolute atomic E-state index is 0.0955. The lowest BCUT2D eigenvalue weighted by molar-refractivity contribution is -0.122. The lowest BCUT2D eigenvalue weighted by Gasteiger charge is -2.32. The predicted molar refractivity (Wildman–Crippen MR) is 148 cm³/mol. The van der Waals surface area contributed by atoms with Gasteiger partial charge in [0.25, 0.3) is 0 Å². The zero-order valence-electron chi connectivity index (χ0n) is 22.5. The molecule has 2 aromatic rings. The van der Waals surface area contributed by atoms with E-state index >= 15 is 0 Å². The fraction of sp³-hybridized carbons (Fsp3) is 0.467. The van der Waals surface area contributed by atoms with E-state index in [9.17, 15) is 24.7 Å². The van der Waals surface area contributed by atoms with Crippen molar-refractivity contribution in [2.45, 2.75) is 65.1 Å². The van der Waals surface area contributed by atoms with Crippen LogP contribution in [0, 0.1) is 17.8 Å². The number of imide groups is 1. The van der Waals surface area contributed by atoms with Gasteiger partial charge in [0, 0.05) is 5.92 Å². The summed E-state index contributed by atoms with van der Waals surface area (Å²) in [5.41, 5.74) is 4.28. The predicted octanol–water partition coefficient (Wildman–Crippen LogP) is 3.35. The topological polar surface area (TPSA) is 120 Å². The molecule has 1 aromatic carbocycles. The first-order valence-electron chi connectivity index (χ1n) is 13.9. The van der Waals surface area contributed by atoms with E-state index in [1.54, 1.807) is 24.3 Å². The Kier molecular flexibility index (Phi) is 8.23. The van der Waals surface area contributed by atoms with Crippen molar-refractivity contribution >= 4 is 36.2 Å². The van der Waals surface area contributed by atoms with Crippen LogP contribution >= 0.6 is 0 Å². The maximum atomic E-state index is 13.8. The van der Waals surface area contributed by atoms with E-state index in [0.29, 0.717) is 24.5 Å². The van der Waals surface area contributed by atoms with Crippen LogP contribution in [0.1, 0.15) is 63.9 Å². The van der Waals surface area contributed by atoms with Gasteiger partial charge in [0.1, 0.15) is 18.1 Å². The monoisotopic (exact) mass is 533 g/mol. The van der Waals surface area contributed by atoms with Gasteiger partial charge < -0.3 is 24.3 Å². The zero-order chi connectivity index (χ0) is 27.7. The van der Waals surface area contributed by atoms with E-state index in [1.807, 2.05) is 12.1 Å². The number of allylic oxidation sites excluding steroid dienone is 2. The summed E-state index contributed by atoms with van der Waals surface area (Å²) >= 11 is 0. The highest BCUT2D eigenvalue weighted by Crippen LogP contribution is 2.51. The van der Waals surface area contributed by atoms with Gasteiger partial charge in [-0.05, 0) is 73.5 Å². The molecule has 0 unspecified atom stereocenters. The number of aliphatic hydroxyl groups is 1. The van der Waals surface area contributed by atoms with Gasteiger partial charge in [-0.1, -0.05) is 43.5 Å². The molecule has 2 saturated heterocycles. The number of amides is 2. The summed E-state index contributed by atoms with van der Waals surface area (Å²) in [4.78, 5) is 28.6. The molecule has 3 aliphatic rings. The van der Waals surface area contributed by atoms with Gasteiger partial charge in [-0.15, -0.1) is 0 Å². The minimum Gasteiger partial charge on any atom is -0.459 e. The summed E-state index contributed by atoms with van der Waals surface area (Å²) in [6, 6.07) is 9.97. The third-order valence-electron chi connectivity index (χ3n) is 8.35. The number of furan rings is 1. The number of rotatable bonds is 10. The normalized spacial score (nSPS) is 24.9. The lowest BCUT2D eigenvalue weighted by Crippen LogP contribution is -2.35. The maximum absolute atomic E-state index is 13.8. The Hall–Kier alpha value is -2.98. The number of fused-ring (bicyclic) bond motifs is 3. The van der Waals surface area contributed by atoms with Crippen molar-refractivity contribution in [3.8, 4) is 0 Å². The molecule has 206 valence electrons. The van der Waals surface area contributed by atoms with E-state index in [4.69, 9.17) is 9.15 Å². The van der Waals surface area contributed by atoms with Crippen molar-refractivity contribution in [1.29, 1.82) is 0 Å². The Bertz CT molecular complexity index is 1300. The summed E-state index contributed by atoms with van der Waals surface area (Å²) in [6.07, 6.45) is 6.77. The Morgan fingerprint density at radius 3 is 2.64 bits per heavy atom. The summed E-state index contributed by atoms with van der Waals surface area (Å²) in [5.74, 6) is -0.222. The first-order chi connectivity index (χ1) is 18.9. The van der Waals surface area contributed by atoms with Crippen LogP contribution < -0.4 is 10.4 Å². The van der Waals surface area contributed by atoms with Gasteiger partial charge in [0.15, 0.2) is 0 Å². The number of anilines is 1. The van der Waals surface area contributed by atoms with Gasteiger partial charge in [-0.2, -0.15) is 0 Å². The van der Waals surface area contributed by atoms with Gasteiger partial charge in [0.2, 0.25) is 11.8 Å². The second-order valence-electron chi connectivity index (χ2n) is 10.7. The van der Waals surface area contributed by atoms with Crippen LogP contribution in [0.5, 0.6) is 0 Å². The fourth-order valence-electron chi connectivity index (χ4n) is 6.52. The number of hydrogen-bond donors (Lipinski definition) is 3. The van der Waals surface area contributed by atoms with Crippen molar-refractivity contribution < 1.29 is 33.9 Å². The number of ether oxygens (including phenoxy) is 1. The van der Waals surface area contributed by atoms with Crippen molar-refractivity contribution in [3.63, 3.8) is 0 Å². The highest BCUT2D eigenvalue weighted by Gasteiger charge is 2.57.